The molecule has 1 aliphatic rings. The minimum absolute atomic E-state index is 0.119. The third-order valence-electron chi connectivity index (χ3n) is 2.31. The van der Waals surface area contributed by atoms with E-state index in [9.17, 15) is 4.39 Å². The monoisotopic (exact) mass is 152 g/mol. The van der Waals surface area contributed by atoms with Crippen LogP contribution in [0.15, 0.2) is 24.3 Å². The zero-order valence-electron chi connectivity index (χ0n) is 6.31. The number of hydrogen-bond donors (Lipinski definition) is 1. The van der Waals surface area contributed by atoms with E-state index >= 15 is 0 Å². The van der Waals surface area contributed by atoms with E-state index in [1.807, 2.05) is 12.1 Å². The molecule has 1 aromatic carbocycles. The summed E-state index contributed by atoms with van der Waals surface area (Å²) < 4.78 is 12.5. The summed E-state index contributed by atoms with van der Waals surface area (Å²) in [6.07, 6.45) is 2.28. The maximum absolute atomic E-state index is 12.5. The van der Waals surface area contributed by atoms with Crippen LogP contribution in [0, 0.1) is 5.82 Å². The van der Waals surface area contributed by atoms with Crippen molar-refractivity contribution in [2.75, 3.05) is 0 Å². The van der Waals surface area contributed by atoms with E-state index in [0.29, 0.717) is 0 Å². The molecule has 0 amide bonds. The highest BCUT2D eigenvalue weighted by Gasteiger charge is 2.44. The first-order valence-corrected chi connectivity index (χ1v) is 3.82. The molecule has 3 N–H and O–H groups in total. The summed E-state index contributed by atoms with van der Waals surface area (Å²) in [5.41, 5.74) is 5.34. The Labute approximate surface area is 65.0 Å². The summed E-state index contributed by atoms with van der Waals surface area (Å²) in [7, 11) is 0. The molecular formula is C9H11FN+. The van der Waals surface area contributed by atoms with Gasteiger partial charge in [0.25, 0.3) is 0 Å². The lowest BCUT2D eigenvalue weighted by molar-refractivity contribution is -0.446. The molecule has 0 saturated heterocycles. The Morgan fingerprint density at radius 2 is 1.73 bits per heavy atom. The quantitative estimate of drug-likeness (QED) is 0.623. The fourth-order valence-electron chi connectivity index (χ4n) is 1.24. The fraction of sp³-hybridized carbons (Fsp3) is 0.333. The number of benzene rings is 1. The second-order valence-electron chi connectivity index (χ2n) is 3.29. The summed E-state index contributed by atoms with van der Waals surface area (Å²) in [4.78, 5) is 0. The Morgan fingerprint density at radius 1 is 1.18 bits per heavy atom. The Morgan fingerprint density at radius 3 is 2.18 bits per heavy atom. The highest BCUT2D eigenvalue weighted by Crippen LogP contribution is 2.40. The van der Waals surface area contributed by atoms with Crippen LogP contribution in [-0.2, 0) is 5.54 Å². The summed E-state index contributed by atoms with van der Waals surface area (Å²) in [5, 5.41) is 0. The Kier molecular flexibility index (Phi) is 1.26. The first kappa shape index (κ1) is 6.80. The van der Waals surface area contributed by atoms with Crippen LogP contribution in [0.5, 0.6) is 0 Å². The van der Waals surface area contributed by atoms with Crippen LogP contribution in [0.25, 0.3) is 0 Å². The van der Waals surface area contributed by atoms with Crippen molar-refractivity contribution in [2.24, 2.45) is 0 Å². The van der Waals surface area contributed by atoms with E-state index in [1.54, 1.807) is 0 Å². The first-order chi connectivity index (χ1) is 5.21. The molecule has 0 bridgehead atoms. The van der Waals surface area contributed by atoms with Crippen molar-refractivity contribution in [3.63, 3.8) is 0 Å². The summed E-state index contributed by atoms with van der Waals surface area (Å²) in [6, 6.07) is 6.66. The van der Waals surface area contributed by atoms with Gasteiger partial charge in [-0.1, -0.05) is 0 Å². The van der Waals surface area contributed by atoms with Gasteiger partial charge in [-0.25, -0.2) is 4.39 Å². The summed E-state index contributed by atoms with van der Waals surface area (Å²) >= 11 is 0. The molecule has 1 saturated carbocycles. The predicted octanol–water partition coefficient (Wildman–Crippen LogP) is 1.06. The minimum atomic E-state index is -0.169. The Balaban J connectivity index is 2.33. The second-order valence-corrected chi connectivity index (χ2v) is 3.29. The van der Waals surface area contributed by atoms with Crippen molar-refractivity contribution in [1.29, 1.82) is 0 Å². The summed E-state index contributed by atoms with van der Waals surface area (Å²) in [5.74, 6) is -0.169. The molecule has 11 heavy (non-hydrogen) atoms. The molecule has 0 unspecified atom stereocenters. The number of quaternary nitrogens is 1. The molecule has 0 heterocycles. The smallest absolute Gasteiger partial charge is 0.123 e. The predicted molar refractivity (Wildman–Crippen MR) is 40.2 cm³/mol. The van der Waals surface area contributed by atoms with Crippen molar-refractivity contribution >= 4 is 0 Å². The average Bonchev–Trinajstić information content (AvgIpc) is 2.70. The SMILES string of the molecule is [NH3+]C1(c2ccc(F)cc2)CC1. The van der Waals surface area contributed by atoms with Gasteiger partial charge in [0.05, 0.1) is 0 Å². The molecule has 1 nitrogen and oxygen atoms in total. The molecule has 2 rings (SSSR count). The Hall–Kier alpha value is -0.890. The molecular weight excluding hydrogens is 141 g/mol. The number of halogens is 1. The van der Waals surface area contributed by atoms with E-state index in [2.05, 4.69) is 5.73 Å². The molecule has 0 aliphatic heterocycles. The van der Waals surface area contributed by atoms with Crippen LogP contribution in [0.3, 0.4) is 0 Å². The van der Waals surface area contributed by atoms with E-state index < -0.39 is 0 Å². The van der Waals surface area contributed by atoms with Crippen LogP contribution >= 0.6 is 0 Å². The largest absolute Gasteiger partial charge is 0.349 e. The lowest BCUT2D eigenvalue weighted by Crippen LogP contribution is -2.61. The van der Waals surface area contributed by atoms with E-state index in [1.165, 1.54) is 17.7 Å². The average molecular weight is 152 g/mol. The van der Waals surface area contributed by atoms with Gasteiger partial charge in [-0.2, -0.15) is 0 Å². The lowest BCUT2D eigenvalue weighted by atomic mass is 10.1. The van der Waals surface area contributed by atoms with Crippen molar-refractivity contribution in [2.45, 2.75) is 18.4 Å². The number of rotatable bonds is 1. The first-order valence-electron chi connectivity index (χ1n) is 3.82. The summed E-state index contributed by atoms with van der Waals surface area (Å²) in [6.45, 7) is 0. The minimum Gasteiger partial charge on any atom is -0.349 e. The van der Waals surface area contributed by atoms with Gasteiger partial charge in [0.15, 0.2) is 0 Å². The molecule has 0 atom stereocenters. The highest BCUT2D eigenvalue weighted by molar-refractivity contribution is 5.26. The molecule has 1 aromatic rings. The molecule has 58 valence electrons. The van der Waals surface area contributed by atoms with E-state index in [4.69, 9.17) is 0 Å². The van der Waals surface area contributed by atoms with Crippen LogP contribution in [-0.4, -0.2) is 0 Å². The lowest BCUT2D eigenvalue weighted by Gasteiger charge is -2.03. The zero-order chi connectivity index (χ0) is 7.90. The van der Waals surface area contributed by atoms with Crippen LogP contribution < -0.4 is 5.73 Å². The highest BCUT2D eigenvalue weighted by atomic mass is 19.1. The molecule has 0 aromatic heterocycles. The van der Waals surface area contributed by atoms with Crippen molar-refractivity contribution in [3.05, 3.63) is 35.6 Å². The standard InChI is InChI=1S/C9H10FN/c10-8-3-1-7(2-4-8)9(11)5-6-9/h1-4H,5-6,11H2/p+1. The second kappa shape index (κ2) is 2.05. The van der Waals surface area contributed by atoms with Gasteiger partial charge < -0.3 is 5.73 Å². The van der Waals surface area contributed by atoms with Crippen molar-refractivity contribution in [1.82, 2.24) is 0 Å². The van der Waals surface area contributed by atoms with Crippen LogP contribution in [0.1, 0.15) is 18.4 Å². The maximum atomic E-state index is 12.5. The molecule has 1 fully saturated rings. The third kappa shape index (κ3) is 1.14. The van der Waals surface area contributed by atoms with E-state index in [0.717, 1.165) is 12.8 Å². The van der Waals surface area contributed by atoms with Crippen LogP contribution in [0.2, 0.25) is 0 Å². The molecule has 2 heteroatoms. The van der Waals surface area contributed by atoms with E-state index in [-0.39, 0.29) is 11.4 Å². The fourth-order valence-corrected chi connectivity index (χ4v) is 1.24. The molecule has 1 aliphatic carbocycles. The van der Waals surface area contributed by atoms with Gasteiger partial charge in [-0.05, 0) is 24.3 Å². The third-order valence-corrected chi connectivity index (χ3v) is 2.31. The van der Waals surface area contributed by atoms with Gasteiger partial charge in [-0.3, -0.25) is 0 Å². The van der Waals surface area contributed by atoms with Gasteiger partial charge in [0, 0.05) is 18.4 Å². The topological polar surface area (TPSA) is 27.6 Å². The van der Waals surface area contributed by atoms with Gasteiger partial charge >= 0.3 is 0 Å². The van der Waals surface area contributed by atoms with Crippen molar-refractivity contribution in [3.8, 4) is 0 Å². The molecule has 0 radical (unpaired) electrons. The van der Waals surface area contributed by atoms with Crippen molar-refractivity contribution < 1.29 is 10.1 Å². The normalized spacial score (nSPS) is 19.8. The van der Waals surface area contributed by atoms with Gasteiger partial charge in [0.1, 0.15) is 11.4 Å². The zero-order valence-corrected chi connectivity index (χ0v) is 6.31. The maximum Gasteiger partial charge on any atom is 0.123 e. The van der Waals surface area contributed by atoms with Gasteiger partial charge in [0.2, 0.25) is 0 Å². The number of hydrogen-bond acceptors (Lipinski definition) is 0. The van der Waals surface area contributed by atoms with Gasteiger partial charge in [-0.15, -0.1) is 0 Å². The van der Waals surface area contributed by atoms with Crippen LogP contribution in [0.4, 0.5) is 4.39 Å². The Bertz CT molecular complexity index is 261. The molecule has 0 spiro atoms.